The Morgan fingerprint density at radius 3 is 2.59 bits per heavy atom. The molecule has 0 bridgehead atoms. The molecule has 0 unspecified atom stereocenters. The highest BCUT2D eigenvalue weighted by molar-refractivity contribution is 6.01. The fourth-order valence-electron chi connectivity index (χ4n) is 4.58. The van der Waals surface area contributed by atoms with Crippen molar-refractivity contribution in [1.82, 2.24) is 0 Å². The number of rotatable bonds is 2. The summed E-state index contributed by atoms with van der Waals surface area (Å²) in [5, 5.41) is 0. The van der Waals surface area contributed by atoms with Crippen molar-refractivity contribution >= 4 is 11.8 Å². The minimum atomic E-state index is -0.723. The number of esters is 1. The first kappa shape index (κ1) is 18.2. The van der Waals surface area contributed by atoms with E-state index < -0.39 is 18.0 Å². The standard InChI is InChI=1S/C23H22O6/c1-12(24)26-21-19-18-16(28-22(19)29-23(21,2)3)10-9-14-15(25)11-17(27-20(14)18)13-7-5-4-6-8-13/h4-10,17,19,21-22H,11H2,1-3H3/t17-,19+,21+,22-/m1/s1. The lowest BCUT2D eigenvalue weighted by Gasteiger charge is -2.31. The normalized spacial score (nSPS) is 28.6. The zero-order valence-electron chi connectivity index (χ0n) is 16.5. The van der Waals surface area contributed by atoms with Gasteiger partial charge in [0.1, 0.15) is 29.3 Å². The molecule has 0 aliphatic carbocycles. The van der Waals surface area contributed by atoms with E-state index in [1.807, 2.05) is 44.2 Å². The zero-order valence-corrected chi connectivity index (χ0v) is 16.5. The summed E-state index contributed by atoms with van der Waals surface area (Å²) in [5.41, 5.74) is 1.50. The third-order valence-electron chi connectivity index (χ3n) is 5.85. The van der Waals surface area contributed by atoms with Crippen LogP contribution in [-0.4, -0.2) is 29.7 Å². The van der Waals surface area contributed by atoms with Gasteiger partial charge in [-0.25, -0.2) is 0 Å². The molecule has 3 heterocycles. The molecule has 0 aromatic heterocycles. The van der Waals surface area contributed by atoms with E-state index in [1.165, 1.54) is 6.92 Å². The number of fused-ring (bicyclic) bond motifs is 5. The fourth-order valence-corrected chi connectivity index (χ4v) is 4.58. The molecule has 0 N–H and O–H groups in total. The Hall–Kier alpha value is -2.86. The van der Waals surface area contributed by atoms with Crippen molar-refractivity contribution in [2.75, 3.05) is 0 Å². The molecule has 0 amide bonds. The van der Waals surface area contributed by atoms with Crippen LogP contribution in [0.15, 0.2) is 42.5 Å². The molecule has 3 aliphatic heterocycles. The number of carbonyl (C=O) groups is 2. The molecule has 1 fully saturated rings. The van der Waals surface area contributed by atoms with Crippen molar-refractivity contribution in [2.45, 2.75) is 57.2 Å². The first-order valence-electron chi connectivity index (χ1n) is 9.78. The molecule has 6 nitrogen and oxygen atoms in total. The smallest absolute Gasteiger partial charge is 0.303 e. The summed E-state index contributed by atoms with van der Waals surface area (Å²) in [5.74, 6) is 0.394. The van der Waals surface area contributed by atoms with Gasteiger partial charge in [-0.05, 0) is 31.5 Å². The van der Waals surface area contributed by atoms with Crippen LogP contribution in [-0.2, 0) is 14.3 Å². The highest BCUT2D eigenvalue weighted by Crippen LogP contribution is 2.56. The topological polar surface area (TPSA) is 71.1 Å². The van der Waals surface area contributed by atoms with Gasteiger partial charge in [0, 0.05) is 6.92 Å². The molecule has 0 spiro atoms. The monoisotopic (exact) mass is 394 g/mol. The molecule has 2 aromatic rings. The van der Waals surface area contributed by atoms with Crippen LogP contribution in [0, 0.1) is 0 Å². The second-order valence-corrected chi connectivity index (χ2v) is 8.26. The maximum atomic E-state index is 12.9. The van der Waals surface area contributed by atoms with E-state index in [9.17, 15) is 9.59 Å². The molecule has 29 heavy (non-hydrogen) atoms. The minimum Gasteiger partial charge on any atom is -0.484 e. The molecule has 4 atom stereocenters. The van der Waals surface area contributed by atoms with Crippen LogP contribution in [0.25, 0.3) is 0 Å². The van der Waals surface area contributed by atoms with Crippen molar-refractivity contribution in [3.63, 3.8) is 0 Å². The first-order valence-corrected chi connectivity index (χ1v) is 9.78. The predicted octanol–water partition coefficient (Wildman–Crippen LogP) is 3.94. The molecule has 0 saturated carbocycles. The number of carbonyl (C=O) groups excluding carboxylic acids is 2. The molecule has 0 radical (unpaired) electrons. The highest BCUT2D eigenvalue weighted by Gasteiger charge is 2.59. The zero-order chi connectivity index (χ0) is 20.3. The van der Waals surface area contributed by atoms with E-state index in [0.29, 0.717) is 17.1 Å². The van der Waals surface area contributed by atoms with E-state index in [4.69, 9.17) is 18.9 Å². The van der Waals surface area contributed by atoms with Crippen LogP contribution < -0.4 is 9.47 Å². The SMILES string of the molecule is CC(=O)O[C@H]1[C@@H]2c3c(ccc4c3O[C@@H](c3ccccc3)CC4=O)O[C@@H]2OC1(C)C. The molecular formula is C23H22O6. The van der Waals surface area contributed by atoms with Crippen LogP contribution in [0.5, 0.6) is 11.5 Å². The average Bonchev–Trinajstić information content (AvgIpc) is 3.14. The van der Waals surface area contributed by atoms with Gasteiger partial charge in [-0.3, -0.25) is 9.59 Å². The molecule has 3 aliphatic rings. The second kappa shape index (κ2) is 6.32. The van der Waals surface area contributed by atoms with Gasteiger partial charge in [0.05, 0.1) is 23.5 Å². The third kappa shape index (κ3) is 2.82. The van der Waals surface area contributed by atoms with Gasteiger partial charge in [-0.1, -0.05) is 30.3 Å². The summed E-state index contributed by atoms with van der Waals surface area (Å²) >= 11 is 0. The van der Waals surface area contributed by atoms with Crippen LogP contribution in [0.4, 0.5) is 0 Å². The Kier molecular flexibility index (Phi) is 3.96. The summed E-state index contributed by atoms with van der Waals surface area (Å²) in [6.07, 6.45) is -1.23. The first-order chi connectivity index (χ1) is 13.8. The van der Waals surface area contributed by atoms with E-state index in [-0.39, 0.29) is 30.2 Å². The number of hydrogen-bond donors (Lipinski definition) is 0. The van der Waals surface area contributed by atoms with Gasteiger partial charge in [0.2, 0.25) is 6.29 Å². The van der Waals surface area contributed by atoms with Gasteiger partial charge >= 0.3 is 5.97 Å². The Labute approximate surface area is 168 Å². The highest BCUT2D eigenvalue weighted by atomic mass is 16.7. The Morgan fingerprint density at radius 1 is 1.10 bits per heavy atom. The number of hydrogen-bond acceptors (Lipinski definition) is 6. The number of ether oxygens (including phenoxy) is 4. The van der Waals surface area contributed by atoms with Crippen LogP contribution >= 0.6 is 0 Å². The molecule has 5 rings (SSSR count). The van der Waals surface area contributed by atoms with Gasteiger partial charge in [-0.15, -0.1) is 0 Å². The van der Waals surface area contributed by atoms with Crippen molar-refractivity contribution < 1.29 is 28.5 Å². The number of benzene rings is 2. The van der Waals surface area contributed by atoms with Crippen molar-refractivity contribution in [1.29, 1.82) is 0 Å². The van der Waals surface area contributed by atoms with Gasteiger partial charge in [0.25, 0.3) is 0 Å². The van der Waals surface area contributed by atoms with Crippen molar-refractivity contribution in [2.24, 2.45) is 0 Å². The molecule has 2 aromatic carbocycles. The fraction of sp³-hybridized carbons (Fsp3) is 0.391. The van der Waals surface area contributed by atoms with Crippen LogP contribution in [0.2, 0.25) is 0 Å². The Morgan fingerprint density at radius 2 is 1.86 bits per heavy atom. The quantitative estimate of drug-likeness (QED) is 0.719. The molecule has 1 saturated heterocycles. The second-order valence-electron chi connectivity index (χ2n) is 8.26. The Balaban J connectivity index is 1.60. The lowest BCUT2D eigenvalue weighted by atomic mass is 9.85. The predicted molar refractivity (Wildman–Crippen MR) is 103 cm³/mol. The molecule has 6 heteroatoms. The summed E-state index contributed by atoms with van der Waals surface area (Å²) in [7, 11) is 0. The van der Waals surface area contributed by atoms with E-state index in [1.54, 1.807) is 12.1 Å². The summed E-state index contributed by atoms with van der Waals surface area (Å²) < 4.78 is 24.1. The van der Waals surface area contributed by atoms with E-state index in [2.05, 4.69) is 0 Å². The van der Waals surface area contributed by atoms with Gasteiger partial charge in [-0.2, -0.15) is 0 Å². The third-order valence-corrected chi connectivity index (χ3v) is 5.85. The summed E-state index contributed by atoms with van der Waals surface area (Å²) in [4.78, 5) is 24.7. The lowest BCUT2D eigenvalue weighted by molar-refractivity contribution is -0.159. The van der Waals surface area contributed by atoms with Gasteiger partial charge < -0.3 is 18.9 Å². The number of ketones is 1. The summed E-state index contributed by atoms with van der Waals surface area (Å²) in [6, 6.07) is 13.2. The van der Waals surface area contributed by atoms with E-state index >= 15 is 0 Å². The average molecular weight is 394 g/mol. The lowest BCUT2D eigenvalue weighted by Crippen LogP contribution is -2.38. The maximum absolute atomic E-state index is 12.9. The summed E-state index contributed by atoms with van der Waals surface area (Å²) in [6.45, 7) is 5.12. The number of Topliss-reactive ketones (excluding diaryl/α,β-unsaturated/α-hetero) is 1. The van der Waals surface area contributed by atoms with Crippen molar-refractivity contribution in [3.8, 4) is 11.5 Å². The maximum Gasteiger partial charge on any atom is 0.303 e. The Bertz CT molecular complexity index is 996. The molecular weight excluding hydrogens is 372 g/mol. The van der Waals surface area contributed by atoms with Crippen LogP contribution in [0.3, 0.4) is 0 Å². The van der Waals surface area contributed by atoms with E-state index in [0.717, 1.165) is 11.1 Å². The van der Waals surface area contributed by atoms with Gasteiger partial charge in [0.15, 0.2) is 5.78 Å². The largest absolute Gasteiger partial charge is 0.484 e. The molecule has 150 valence electrons. The van der Waals surface area contributed by atoms with Crippen LogP contribution in [0.1, 0.15) is 60.7 Å². The minimum absolute atomic E-state index is 0.0218. The van der Waals surface area contributed by atoms with Crippen molar-refractivity contribution in [3.05, 3.63) is 59.2 Å².